The first kappa shape index (κ1) is 9.61. The van der Waals surface area contributed by atoms with Gasteiger partial charge in [-0.2, -0.15) is 0 Å². The maximum atomic E-state index is 5.80. The molecular formula is C11H18O. The van der Waals surface area contributed by atoms with Crippen molar-refractivity contribution in [1.82, 2.24) is 0 Å². The van der Waals surface area contributed by atoms with E-state index in [0.29, 0.717) is 17.9 Å². The lowest BCUT2D eigenvalue weighted by atomic mass is 9.86. The Morgan fingerprint density at radius 2 is 1.83 bits per heavy atom. The zero-order valence-electron chi connectivity index (χ0n) is 8.37. The Morgan fingerprint density at radius 3 is 2.17 bits per heavy atom. The molecule has 0 saturated carbocycles. The Kier molecular flexibility index (Phi) is 2.80. The fraction of sp³-hybridized carbons (Fsp3) is 0.818. The molecule has 1 aliphatic rings. The molecule has 1 heterocycles. The Balaban J connectivity index is 2.65. The summed E-state index contributed by atoms with van der Waals surface area (Å²) in [6, 6.07) is 0. The second-order valence-electron chi connectivity index (χ2n) is 3.98. The van der Waals surface area contributed by atoms with Gasteiger partial charge >= 0.3 is 0 Å². The van der Waals surface area contributed by atoms with Gasteiger partial charge in [0.2, 0.25) is 0 Å². The van der Waals surface area contributed by atoms with E-state index in [4.69, 9.17) is 11.2 Å². The summed E-state index contributed by atoms with van der Waals surface area (Å²) in [5, 5.41) is 0. The summed E-state index contributed by atoms with van der Waals surface area (Å²) in [4.78, 5) is 0. The molecule has 0 radical (unpaired) electrons. The first-order valence-electron chi connectivity index (χ1n) is 4.69. The molecule has 1 saturated heterocycles. The molecule has 0 N–H and O–H groups in total. The van der Waals surface area contributed by atoms with Crippen LogP contribution in [-0.2, 0) is 4.74 Å². The van der Waals surface area contributed by atoms with Gasteiger partial charge < -0.3 is 4.74 Å². The third kappa shape index (κ3) is 1.49. The minimum absolute atomic E-state index is 0.243. The third-order valence-corrected chi connectivity index (χ3v) is 3.22. The SMILES string of the molecule is C#C[C@H](C)C1OC(C)[C@@H](C)[C@@H]1C. The van der Waals surface area contributed by atoms with Crippen LogP contribution < -0.4 is 0 Å². The highest BCUT2D eigenvalue weighted by atomic mass is 16.5. The molecule has 5 atom stereocenters. The van der Waals surface area contributed by atoms with Crippen molar-refractivity contribution in [2.45, 2.75) is 39.9 Å². The van der Waals surface area contributed by atoms with Crippen LogP contribution in [0.2, 0.25) is 0 Å². The highest BCUT2D eigenvalue weighted by Crippen LogP contribution is 2.35. The minimum atomic E-state index is 0.243. The molecule has 0 amide bonds. The topological polar surface area (TPSA) is 9.23 Å². The maximum Gasteiger partial charge on any atom is 0.0742 e. The summed E-state index contributed by atoms with van der Waals surface area (Å²) in [6.45, 7) is 8.65. The van der Waals surface area contributed by atoms with Crippen LogP contribution in [0.25, 0.3) is 0 Å². The highest BCUT2D eigenvalue weighted by molar-refractivity contribution is 4.99. The second kappa shape index (κ2) is 3.49. The first-order valence-corrected chi connectivity index (χ1v) is 4.69. The largest absolute Gasteiger partial charge is 0.373 e. The first-order chi connectivity index (χ1) is 5.57. The van der Waals surface area contributed by atoms with Crippen molar-refractivity contribution < 1.29 is 4.74 Å². The van der Waals surface area contributed by atoms with Gasteiger partial charge in [0.25, 0.3) is 0 Å². The second-order valence-corrected chi connectivity index (χ2v) is 3.98. The molecule has 1 rings (SSSR count). The van der Waals surface area contributed by atoms with Crippen LogP contribution in [0, 0.1) is 30.1 Å². The molecule has 0 aromatic carbocycles. The Labute approximate surface area is 75.5 Å². The summed E-state index contributed by atoms with van der Waals surface area (Å²) >= 11 is 0. The number of terminal acetylenes is 1. The van der Waals surface area contributed by atoms with E-state index in [0.717, 1.165) is 0 Å². The Hall–Kier alpha value is -0.480. The van der Waals surface area contributed by atoms with Crippen molar-refractivity contribution in [3.05, 3.63) is 0 Å². The third-order valence-electron chi connectivity index (χ3n) is 3.22. The van der Waals surface area contributed by atoms with Gasteiger partial charge in [-0.25, -0.2) is 0 Å². The van der Waals surface area contributed by atoms with Gasteiger partial charge in [-0.1, -0.05) is 13.8 Å². The quantitative estimate of drug-likeness (QED) is 0.543. The van der Waals surface area contributed by atoms with Crippen LogP contribution in [0.3, 0.4) is 0 Å². The van der Waals surface area contributed by atoms with E-state index >= 15 is 0 Å². The zero-order valence-corrected chi connectivity index (χ0v) is 8.37. The fourth-order valence-corrected chi connectivity index (χ4v) is 1.89. The summed E-state index contributed by atoms with van der Waals surface area (Å²) in [6.07, 6.45) is 6.00. The van der Waals surface area contributed by atoms with Crippen LogP contribution in [-0.4, -0.2) is 12.2 Å². The average Bonchev–Trinajstić information content (AvgIpc) is 2.32. The molecule has 12 heavy (non-hydrogen) atoms. The van der Waals surface area contributed by atoms with Crippen molar-refractivity contribution in [3.63, 3.8) is 0 Å². The van der Waals surface area contributed by atoms with E-state index in [1.54, 1.807) is 0 Å². The molecule has 0 bridgehead atoms. The lowest BCUT2D eigenvalue weighted by Crippen LogP contribution is -2.22. The predicted molar refractivity (Wildman–Crippen MR) is 50.7 cm³/mol. The van der Waals surface area contributed by atoms with Crippen LogP contribution >= 0.6 is 0 Å². The van der Waals surface area contributed by atoms with E-state index in [1.165, 1.54) is 0 Å². The van der Waals surface area contributed by atoms with Crippen LogP contribution in [0.1, 0.15) is 27.7 Å². The molecule has 1 aliphatic heterocycles. The molecule has 1 heteroatoms. The van der Waals surface area contributed by atoms with Crippen LogP contribution in [0.4, 0.5) is 0 Å². The minimum Gasteiger partial charge on any atom is -0.373 e. The monoisotopic (exact) mass is 166 g/mol. The summed E-state index contributed by atoms with van der Waals surface area (Å²) in [5.74, 6) is 4.22. The normalized spacial score (nSPS) is 43.9. The molecule has 0 aromatic heterocycles. The molecule has 0 spiro atoms. The lowest BCUT2D eigenvalue weighted by Gasteiger charge is -2.18. The lowest BCUT2D eigenvalue weighted by molar-refractivity contribution is 0.0231. The Bertz CT molecular complexity index is 192. The predicted octanol–water partition coefficient (Wildman–Crippen LogP) is 2.32. The van der Waals surface area contributed by atoms with Gasteiger partial charge in [0.15, 0.2) is 0 Å². The fourth-order valence-electron chi connectivity index (χ4n) is 1.89. The van der Waals surface area contributed by atoms with Crippen molar-refractivity contribution in [1.29, 1.82) is 0 Å². The summed E-state index contributed by atoms with van der Waals surface area (Å²) in [7, 11) is 0. The van der Waals surface area contributed by atoms with Crippen molar-refractivity contribution in [2.75, 3.05) is 0 Å². The van der Waals surface area contributed by atoms with Gasteiger partial charge in [-0.15, -0.1) is 12.3 Å². The van der Waals surface area contributed by atoms with Crippen molar-refractivity contribution in [2.24, 2.45) is 17.8 Å². The van der Waals surface area contributed by atoms with Crippen molar-refractivity contribution >= 4 is 0 Å². The van der Waals surface area contributed by atoms with Crippen LogP contribution in [0.15, 0.2) is 0 Å². The summed E-state index contributed by atoms with van der Waals surface area (Å²) < 4.78 is 5.80. The van der Waals surface area contributed by atoms with Gasteiger partial charge in [0, 0.05) is 5.92 Å². The molecule has 0 aliphatic carbocycles. The smallest absolute Gasteiger partial charge is 0.0742 e. The van der Waals surface area contributed by atoms with Gasteiger partial charge in [-0.05, 0) is 25.7 Å². The Morgan fingerprint density at radius 1 is 1.25 bits per heavy atom. The molecule has 2 unspecified atom stereocenters. The number of ether oxygens (including phenoxy) is 1. The molecule has 68 valence electrons. The van der Waals surface area contributed by atoms with E-state index in [-0.39, 0.29) is 12.0 Å². The number of hydrogen-bond donors (Lipinski definition) is 0. The highest BCUT2D eigenvalue weighted by Gasteiger charge is 2.38. The van der Waals surface area contributed by atoms with E-state index in [1.807, 2.05) is 0 Å². The zero-order chi connectivity index (χ0) is 9.30. The molecule has 1 fully saturated rings. The van der Waals surface area contributed by atoms with E-state index in [2.05, 4.69) is 33.6 Å². The maximum absolute atomic E-state index is 5.80. The average molecular weight is 166 g/mol. The number of hydrogen-bond acceptors (Lipinski definition) is 1. The molecule has 0 aromatic rings. The van der Waals surface area contributed by atoms with Crippen molar-refractivity contribution in [3.8, 4) is 12.3 Å². The van der Waals surface area contributed by atoms with Crippen LogP contribution in [0.5, 0.6) is 0 Å². The van der Waals surface area contributed by atoms with E-state index < -0.39 is 0 Å². The summed E-state index contributed by atoms with van der Waals surface area (Å²) in [5.41, 5.74) is 0. The van der Waals surface area contributed by atoms with E-state index in [9.17, 15) is 0 Å². The molecule has 1 nitrogen and oxygen atoms in total. The van der Waals surface area contributed by atoms with Gasteiger partial charge in [-0.3, -0.25) is 0 Å². The standard InChI is InChI=1S/C11H18O/c1-6-7(2)11-9(4)8(3)10(5)12-11/h1,7-11H,2-5H3/t7-,8-,9-,10?,11?/m0/s1. The van der Waals surface area contributed by atoms with Gasteiger partial charge in [0.1, 0.15) is 0 Å². The molecular weight excluding hydrogens is 148 g/mol. The van der Waals surface area contributed by atoms with Gasteiger partial charge in [0.05, 0.1) is 12.2 Å². The number of rotatable bonds is 1.